The Balaban J connectivity index is 1.35. The minimum atomic E-state index is -0.486. The normalized spacial score (nSPS) is 25.5. The van der Waals surface area contributed by atoms with Crippen LogP contribution in [0.4, 0.5) is 4.79 Å². The van der Waals surface area contributed by atoms with Gasteiger partial charge in [-0.05, 0) is 28.7 Å². The highest BCUT2D eigenvalue weighted by Gasteiger charge is 2.52. The number of hydrogen-bond acceptors (Lipinski definition) is 4. The van der Waals surface area contributed by atoms with Crippen molar-refractivity contribution in [2.24, 2.45) is 5.92 Å². The monoisotopic (exact) mass is 377 g/mol. The average Bonchev–Trinajstić information content (AvgIpc) is 3.38. The van der Waals surface area contributed by atoms with E-state index in [0.717, 1.165) is 6.42 Å². The zero-order chi connectivity index (χ0) is 19.3. The Morgan fingerprint density at radius 3 is 2.39 bits per heavy atom. The first-order valence-electron chi connectivity index (χ1n) is 9.95. The van der Waals surface area contributed by atoms with Gasteiger partial charge >= 0.3 is 6.09 Å². The van der Waals surface area contributed by atoms with Gasteiger partial charge in [-0.2, -0.15) is 0 Å². The van der Waals surface area contributed by atoms with Crippen LogP contribution in [0.15, 0.2) is 48.5 Å². The van der Waals surface area contributed by atoms with Gasteiger partial charge in [0.05, 0.1) is 6.10 Å². The van der Waals surface area contributed by atoms with Crippen molar-refractivity contribution in [3.8, 4) is 11.1 Å². The molecular weight excluding hydrogens is 354 g/mol. The van der Waals surface area contributed by atoms with Gasteiger partial charge in [-0.1, -0.05) is 55.5 Å². The summed E-state index contributed by atoms with van der Waals surface area (Å²) in [5.41, 5.74) is 4.77. The van der Waals surface area contributed by atoms with Crippen LogP contribution in [0.25, 0.3) is 11.1 Å². The maximum Gasteiger partial charge on any atom is 0.410 e. The molecule has 0 unspecified atom stereocenters. The van der Waals surface area contributed by atoms with E-state index in [2.05, 4.69) is 31.2 Å². The summed E-state index contributed by atoms with van der Waals surface area (Å²) in [6, 6.07) is 16.0. The number of ether oxygens (including phenoxy) is 2. The molecule has 5 rings (SSSR count). The number of benzene rings is 2. The smallest absolute Gasteiger partial charge is 0.410 e. The van der Waals surface area contributed by atoms with Gasteiger partial charge in [0.15, 0.2) is 5.78 Å². The van der Waals surface area contributed by atoms with E-state index in [0.29, 0.717) is 6.54 Å². The summed E-state index contributed by atoms with van der Waals surface area (Å²) in [7, 11) is 0. The van der Waals surface area contributed by atoms with Gasteiger partial charge in [0, 0.05) is 18.4 Å². The Kier molecular flexibility index (Phi) is 4.20. The highest BCUT2D eigenvalue weighted by molar-refractivity contribution is 5.91. The molecule has 2 aromatic carbocycles. The second kappa shape index (κ2) is 6.74. The molecule has 3 atom stereocenters. The SMILES string of the molecule is CC[C@@H]1CN(C(=O)OCC2c3ccccc3-c3ccccc32)[C@@H]2C(=O)CO[C@H]12. The van der Waals surface area contributed by atoms with Crippen LogP contribution < -0.4 is 0 Å². The third-order valence-corrected chi connectivity index (χ3v) is 6.39. The molecule has 2 aromatic rings. The molecule has 2 heterocycles. The quantitative estimate of drug-likeness (QED) is 0.820. The minimum absolute atomic E-state index is 0.0190. The number of likely N-dealkylation sites (tertiary alicyclic amines) is 1. The number of rotatable bonds is 3. The number of ketones is 1. The van der Waals surface area contributed by atoms with Gasteiger partial charge in [0.25, 0.3) is 0 Å². The third kappa shape index (κ3) is 2.57. The van der Waals surface area contributed by atoms with E-state index in [9.17, 15) is 9.59 Å². The largest absolute Gasteiger partial charge is 0.448 e. The molecule has 1 amide bonds. The molecule has 0 N–H and O–H groups in total. The summed E-state index contributed by atoms with van der Waals surface area (Å²) < 4.78 is 11.4. The van der Waals surface area contributed by atoms with Crippen LogP contribution in [-0.4, -0.2) is 48.7 Å². The molecule has 0 bridgehead atoms. The first-order valence-corrected chi connectivity index (χ1v) is 9.95. The van der Waals surface area contributed by atoms with E-state index < -0.39 is 12.1 Å². The van der Waals surface area contributed by atoms with Crippen LogP contribution in [0.2, 0.25) is 0 Å². The zero-order valence-corrected chi connectivity index (χ0v) is 15.8. The van der Waals surface area contributed by atoms with E-state index in [1.54, 1.807) is 4.90 Å². The molecule has 5 heteroatoms. The van der Waals surface area contributed by atoms with Crippen molar-refractivity contribution < 1.29 is 19.1 Å². The summed E-state index contributed by atoms with van der Waals surface area (Å²) in [6.45, 7) is 2.95. The molecule has 28 heavy (non-hydrogen) atoms. The van der Waals surface area contributed by atoms with Crippen molar-refractivity contribution in [1.29, 1.82) is 0 Å². The molecular formula is C23H23NO4. The van der Waals surface area contributed by atoms with Crippen molar-refractivity contribution in [3.05, 3.63) is 59.7 Å². The number of hydrogen-bond donors (Lipinski definition) is 0. The third-order valence-electron chi connectivity index (χ3n) is 6.39. The van der Waals surface area contributed by atoms with E-state index in [1.807, 2.05) is 24.3 Å². The second-order valence-corrected chi connectivity index (χ2v) is 7.81. The molecule has 1 aliphatic carbocycles. The van der Waals surface area contributed by atoms with Crippen molar-refractivity contribution in [3.63, 3.8) is 0 Å². The molecule has 2 saturated heterocycles. The topological polar surface area (TPSA) is 55.8 Å². The van der Waals surface area contributed by atoms with Gasteiger partial charge in [0.1, 0.15) is 19.3 Å². The molecule has 3 aliphatic rings. The molecule has 5 nitrogen and oxygen atoms in total. The number of fused-ring (bicyclic) bond motifs is 4. The lowest BCUT2D eigenvalue weighted by atomic mass is 9.98. The summed E-state index contributed by atoms with van der Waals surface area (Å²) in [6.07, 6.45) is 0.284. The number of amides is 1. The van der Waals surface area contributed by atoms with Crippen molar-refractivity contribution in [2.45, 2.75) is 31.4 Å². The van der Waals surface area contributed by atoms with Gasteiger partial charge in [-0.15, -0.1) is 0 Å². The molecule has 2 fully saturated rings. The molecule has 0 radical (unpaired) electrons. The van der Waals surface area contributed by atoms with Crippen molar-refractivity contribution >= 4 is 11.9 Å². The van der Waals surface area contributed by atoms with Gasteiger partial charge < -0.3 is 9.47 Å². The average molecular weight is 377 g/mol. The molecule has 144 valence electrons. The summed E-state index contributed by atoms with van der Waals surface area (Å²) in [5, 5.41) is 0. The van der Waals surface area contributed by atoms with E-state index in [-0.39, 0.29) is 36.9 Å². The molecule has 0 aromatic heterocycles. The lowest BCUT2D eigenvalue weighted by Gasteiger charge is -2.22. The number of carbonyl (C=O) groups excluding carboxylic acids is 2. The fraction of sp³-hybridized carbons (Fsp3) is 0.391. The van der Waals surface area contributed by atoms with Crippen LogP contribution in [-0.2, 0) is 14.3 Å². The standard InChI is InChI=1S/C23H23NO4/c1-2-14-11-24(21-20(25)13-27-22(14)21)23(26)28-12-19-17-9-5-3-7-15(17)16-8-4-6-10-18(16)19/h3-10,14,19,21-22H,2,11-13H2,1H3/t14-,21-,22-/m1/s1. The lowest BCUT2D eigenvalue weighted by Crippen LogP contribution is -2.42. The number of nitrogens with zero attached hydrogens (tertiary/aromatic N) is 1. The Hall–Kier alpha value is -2.66. The lowest BCUT2D eigenvalue weighted by molar-refractivity contribution is -0.121. The zero-order valence-electron chi connectivity index (χ0n) is 15.8. The number of Topliss-reactive ketones (excluding diaryl/α,β-unsaturated/α-hetero) is 1. The van der Waals surface area contributed by atoms with E-state index >= 15 is 0 Å². The molecule has 2 aliphatic heterocycles. The van der Waals surface area contributed by atoms with Crippen LogP contribution in [0.1, 0.15) is 30.4 Å². The first-order chi connectivity index (χ1) is 13.7. The predicted molar refractivity (Wildman–Crippen MR) is 104 cm³/mol. The van der Waals surface area contributed by atoms with E-state index in [4.69, 9.17) is 9.47 Å². The van der Waals surface area contributed by atoms with Crippen LogP contribution in [0, 0.1) is 5.92 Å². The molecule has 0 saturated carbocycles. The van der Waals surface area contributed by atoms with E-state index in [1.165, 1.54) is 22.3 Å². The maximum absolute atomic E-state index is 12.9. The summed E-state index contributed by atoms with van der Waals surface area (Å²) in [4.78, 5) is 26.7. The van der Waals surface area contributed by atoms with Crippen LogP contribution >= 0.6 is 0 Å². The Labute approximate surface area is 164 Å². The fourth-order valence-electron chi connectivity index (χ4n) is 4.98. The highest BCUT2D eigenvalue weighted by Crippen LogP contribution is 2.44. The van der Waals surface area contributed by atoms with Crippen LogP contribution in [0.3, 0.4) is 0 Å². The summed E-state index contributed by atoms with van der Waals surface area (Å²) >= 11 is 0. The highest BCUT2D eigenvalue weighted by atomic mass is 16.6. The van der Waals surface area contributed by atoms with Gasteiger partial charge in [0.2, 0.25) is 0 Å². The van der Waals surface area contributed by atoms with Gasteiger partial charge in [-0.25, -0.2) is 4.79 Å². The maximum atomic E-state index is 12.9. The Morgan fingerprint density at radius 2 is 1.75 bits per heavy atom. The Morgan fingerprint density at radius 1 is 1.11 bits per heavy atom. The minimum Gasteiger partial charge on any atom is -0.448 e. The van der Waals surface area contributed by atoms with Crippen molar-refractivity contribution in [2.75, 3.05) is 19.8 Å². The predicted octanol–water partition coefficient (Wildman–Crippen LogP) is 3.61. The van der Waals surface area contributed by atoms with Crippen LogP contribution in [0.5, 0.6) is 0 Å². The van der Waals surface area contributed by atoms with Gasteiger partial charge in [-0.3, -0.25) is 9.69 Å². The van der Waals surface area contributed by atoms with Crippen molar-refractivity contribution in [1.82, 2.24) is 4.90 Å². The summed E-state index contributed by atoms with van der Waals surface area (Å²) in [5.74, 6) is 0.193. The Bertz CT molecular complexity index is 894. The first kappa shape index (κ1) is 17.4. The number of carbonyl (C=O) groups is 2. The second-order valence-electron chi connectivity index (χ2n) is 7.81. The molecule has 0 spiro atoms. The fourth-order valence-corrected chi connectivity index (χ4v) is 4.98.